The minimum atomic E-state index is -5.58. The Morgan fingerprint density at radius 2 is 1.69 bits per heavy atom. The third kappa shape index (κ3) is 4.53. The molecule has 2 N–H and O–H groups in total. The van der Waals surface area contributed by atoms with Gasteiger partial charge in [0.1, 0.15) is 5.82 Å². The minimum Gasteiger partial charge on any atom is -0.396 e. The van der Waals surface area contributed by atoms with Crippen LogP contribution >= 0.6 is 0 Å². The van der Waals surface area contributed by atoms with Gasteiger partial charge in [-0.15, -0.1) is 0 Å². The van der Waals surface area contributed by atoms with Gasteiger partial charge < -0.3 is 10.6 Å². The number of sulfonamides is 1. The maximum Gasteiger partial charge on any atom is 0.511 e. The Balaban J connectivity index is 1.72. The lowest BCUT2D eigenvalue weighted by atomic mass is 9.97. The number of halogens is 3. The van der Waals surface area contributed by atoms with E-state index in [4.69, 9.17) is 5.73 Å². The molecule has 1 saturated carbocycles. The predicted molar refractivity (Wildman–Crippen MR) is 130 cm³/mol. The summed E-state index contributed by atoms with van der Waals surface area (Å²) in [7, 11) is -5.58. The van der Waals surface area contributed by atoms with Gasteiger partial charge in [0.05, 0.1) is 30.7 Å². The van der Waals surface area contributed by atoms with E-state index in [9.17, 15) is 21.6 Å². The van der Waals surface area contributed by atoms with Crippen molar-refractivity contribution in [3.63, 3.8) is 0 Å². The molecule has 0 amide bonds. The molecule has 1 atom stereocenters. The van der Waals surface area contributed by atoms with Crippen LogP contribution in [0.4, 0.5) is 24.5 Å². The van der Waals surface area contributed by atoms with E-state index in [-0.39, 0.29) is 25.6 Å². The molecule has 190 valence electrons. The van der Waals surface area contributed by atoms with Gasteiger partial charge >= 0.3 is 15.5 Å². The first-order chi connectivity index (χ1) is 17.1. The average molecular weight is 518 g/mol. The Morgan fingerprint density at radius 1 is 1.03 bits per heavy atom. The smallest absolute Gasteiger partial charge is 0.396 e. The Hall–Kier alpha value is -3.18. The molecule has 0 unspecified atom stereocenters. The maximum absolute atomic E-state index is 13.8. The number of aromatic nitrogens is 2. The van der Waals surface area contributed by atoms with E-state index in [1.807, 2.05) is 48.2 Å². The van der Waals surface area contributed by atoms with Gasteiger partial charge in [0.25, 0.3) is 0 Å². The second kappa shape index (κ2) is 9.04. The largest absolute Gasteiger partial charge is 0.511 e. The normalized spacial score (nSPS) is 19.1. The van der Waals surface area contributed by atoms with Crippen molar-refractivity contribution in [1.82, 2.24) is 14.3 Å². The number of benzene rings is 2. The summed E-state index contributed by atoms with van der Waals surface area (Å²) in [5, 5.41) is 0. The van der Waals surface area contributed by atoms with Crippen molar-refractivity contribution in [2.45, 2.75) is 50.3 Å². The summed E-state index contributed by atoms with van der Waals surface area (Å²) in [4.78, 5) is 10.6. The molecule has 2 aromatic carbocycles. The zero-order valence-electron chi connectivity index (χ0n) is 19.6. The highest BCUT2D eigenvalue weighted by molar-refractivity contribution is 7.89. The van der Waals surface area contributed by atoms with Crippen molar-refractivity contribution in [3.05, 3.63) is 82.9 Å². The van der Waals surface area contributed by atoms with Crippen molar-refractivity contribution in [1.29, 1.82) is 0 Å². The van der Waals surface area contributed by atoms with E-state index in [0.717, 1.165) is 29.5 Å². The first-order valence-corrected chi connectivity index (χ1v) is 13.1. The minimum absolute atomic E-state index is 0.167. The molecule has 0 radical (unpaired) electrons. The SMILES string of the molecule is Cc1ccccc1[C@H]1CN(S(=O)(=O)C(F)(F)F)Cc2c(C3CC3)cccc2N1Cc1ncc(N)cn1. The van der Waals surface area contributed by atoms with Gasteiger partial charge in [0.2, 0.25) is 0 Å². The molecule has 0 spiro atoms. The fourth-order valence-corrected chi connectivity index (χ4v) is 5.79. The fourth-order valence-electron chi connectivity index (χ4n) is 4.86. The van der Waals surface area contributed by atoms with Crippen LogP contribution in [0.15, 0.2) is 54.9 Å². The summed E-state index contributed by atoms with van der Waals surface area (Å²) >= 11 is 0. The number of anilines is 2. The van der Waals surface area contributed by atoms with Gasteiger partial charge in [-0.3, -0.25) is 0 Å². The lowest BCUT2D eigenvalue weighted by Gasteiger charge is -2.35. The van der Waals surface area contributed by atoms with Crippen molar-refractivity contribution in [3.8, 4) is 0 Å². The summed E-state index contributed by atoms with van der Waals surface area (Å²) in [6.07, 6.45) is 4.80. The zero-order valence-corrected chi connectivity index (χ0v) is 20.4. The van der Waals surface area contributed by atoms with Crippen molar-refractivity contribution >= 4 is 21.4 Å². The van der Waals surface area contributed by atoms with Gasteiger partial charge in [-0.05, 0) is 54.0 Å². The molecule has 0 bridgehead atoms. The van der Waals surface area contributed by atoms with Crippen LogP contribution in [0.2, 0.25) is 0 Å². The Labute approximate surface area is 207 Å². The summed E-state index contributed by atoms with van der Waals surface area (Å²) in [5.74, 6) is 0.637. The van der Waals surface area contributed by atoms with Crippen LogP contribution in [-0.2, 0) is 23.1 Å². The maximum atomic E-state index is 13.8. The molecule has 1 aliphatic carbocycles. The van der Waals surface area contributed by atoms with Crippen molar-refractivity contribution in [2.24, 2.45) is 0 Å². The lowest BCUT2D eigenvalue weighted by Crippen LogP contribution is -2.43. The highest BCUT2D eigenvalue weighted by Crippen LogP contribution is 2.47. The molecule has 2 aliphatic rings. The second-order valence-electron chi connectivity index (χ2n) is 9.30. The highest BCUT2D eigenvalue weighted by atomic mass is 32.2. The summed E-state index contributed by atoms with van der Waals surface area (Å²) < 4.78 is 67.6. The standard InChI is InChI=1S/C25H26F3N5O2S/c1-16-5-2-3-6-19(16)23-14-32(36(34,35)25(26,27)28)13-21-20(17-9-10-17)7-4-8-22(21)33(23)15-24-30-11-18(29)12-31-24/h2-8,11-12,17,23H,9-10,13-15,29H2,1H3/t23-/m1/s1. The topological polar surface area (TPSA) is 92.4 Å². The Kier molecular flexibility index (Phi) is 6.16. The third-order valence-electron chi connectivity index (χ3n) is 6.82. The van der Waals surface area contributed by atoms with E-state index >= 15 is 0 Å². The van der Waals surface area contributed by atoms with Gasteiger partial charge in [0.15, 0.2) is 0 Å². The number of aryl methyl sites for hydroxylation is 1. The molecule has 5 rings (SSSR count). The number of hydrogen-bond acceptors (Lipinski definition) is 6. The second-order valence-corrected chi connectivity index (χ2v) is 11.2. The number of nitrogens with zero attached hydrogens (tertiary/aromatic N) is 4. The molecule has 3 aromatic rings. The van der Waals surface area contributed by atoms with Gasteiger partial charge in [-0.2, -0.15) is 17.5 Å². The first-order valence-electron chi connectivity index (χ1n) is 11.6. The van der Waals surface area contributed by atoms with Crippen LogP contribution in [0.25, 0.3) is 0 Å². The first kappa shape index (κ1) is 24.5. The average Bonchev–Trinajstić information content (AvgIpc) is 3.68. The molecular formula is C25H26F3N5O2S. The summed E-state index contributed by atoms with van der Waals surface area (Å²) in [6, 6.07) is 12.2. The predicted octanol–water partition coefficient (Wildman–Crippen LogP) is 4.66. The van der Waals surface area contributed by atoms with E-state index in [2.05, 4.69) is 9.97 Å². The molecule has 7 nitrogen and oxygen atoms in total. The van der Waals surface area contributed by atoms with Crippen molar-refractivity contribution in [2.75, 3.05) is 17.2 Å². The van der Waals surface area contributed by atoms with Crippen LogP contribution < -0.4 is 10.6 Å². The number of nitrogen functional groups attached to an aromatic ring is 1. The Bertz CT molecular complexity index is 1380. The number of hydrogen-bond donors (Lipinski definition) is 1. The number of nitrogens with two attached hydrogens (primary N) is 1. The van der Waals surface area contributed by atoms with Crippen LogP contribution in [0, 0.1) is 6.92 Å². The fraction of sp³-hybridized carbons (Fsp3) is 0.360. The number of rotatable bonds is 5. The molecule has 1 aliphatic heterocycles. The lowest BCUT2D eigenvalue weighted by molar-refractivity contribution is -0.0492. The Morgan fingerprint density at radius 3 is 2.33 bits per heavy atom. The van der Waals surface area contributed by atoms with Gasteiger partial charge in [-0.25, -0.2) is 18.4 Å². The zero-order chi connectivity index (χ0) is 25.7. The van der Waals surface area contributed by atoms with E-state index in [0.29, 0.717) is 27.1 Å². The van der Waals surface area contributed by atoms with Crippen molar-refractivity contribution < 1.29 is 21.6 Å². The number of fused-ring (bicyclic) bond motifs is 1. The summed E-state index contributed by atoms with van der Waals surface area (Å²) in [6.45, 7) is 1.30. The molecule has 0 saturated heterocycles. The molecular weight excluding hydrogens is 491 g/mol. The van der Waals surface area contributed by atoms with Gasteiger partial charge in [-0.1, -0.05) is 36.4 Å². The highest BCUT2D eigenvalue weighted by Gasteiger charge is 2.52. The van der Waals surface area contributed by atoms with Gasteiger partial charge in [0, 0.05) is 18.8 Å². The molecule has 1 fully saturated rings. The van der Waals surface area contributed by atoms with E-state index in [1.165, 1.54) is 12.4 Å². The summed E-state index contributed by atoms with van der Waals surface area (Å²) in [5.41, 5.74) is 4.49. The molecule has 11 heteroatoms. The molecule has 1 aromatic heterocycles. The van der Waals surface area contributed by atoms with Crippen LogP contribution in [0.5, 0.6) is 0 Å². The quantitative estimate of drug-likeness (QED) is 0.529. The van der Waals surface area contributed by atoms with Crippen LogP contribution in [0.1, 0.15) is 52.9 Å². The van der Waals surface area contributed by atoms with E-state index < -0.39 is 21.6 Å². The van der Waals surface area contributed by atoms with E-state index in [1.54, 1.807) is 6.07 Å². The number of alkyl halides is 3. The van der Waals surface area contributed by atoms with Crippen LogP contribution in [0.3, 0.4) is 0 Å². The molecule has 36 heavy (non-hydrogen) atoms. The monoisotopic (exact) mass is 517 g/mol. The van der Waals surface area contributed by atoms with Crippen LogP contribution in [-0.4, -0.2) is 34.7 Å². The third-order valence-corrected chi connectivity index (χ3v) is 8.36. The molecule has 2 heterocycles.